The van der Waals surface area contributed by atoms with Gasteiger partial charge in [0, 0.05) is 17.7 Å². The zero-order chi connectivity index (χ0) is 21.9. The van der Waals surface area contributed by atoms with Gasteiger partial charge in [0.2, 0.25) is 5.79 Å². The minimum Gasteiger partial charge on any atom is -0.494 e. The number of hydrogen-bond acceptors (Lipinski definition) is 7. The van der Waals surface area contributed by atoms with Crippen molar-refractivity contribution in [2.24, 2.45) is 0 Å². The van der Waals surface area contributed by atoms with Crippen molar-refractivity contribution in [3.8, 4) is 5.75 Å². The number of ether oxygens (including phenoxy) is 3. The van der Waals surface area contributed by atoms with E-state index in [0.29, 0.717) is 23.6 Å². The van der Waals surface area contributed by atoms with Crippen molar-refractivity contribution in [2.45, 2.75) is 43.5 Å². The quantitative estimate of drug-likeness (QED) is 0.520. The molecule has 8 heteroatoms. The van der Waals surface area contributed by atoms with Gasteiger partial charge in [0.15, 0.2) is 0 Å². The molecule has 1 heterocycles. The molecule has 0 radical (unpaired) electrons. The lowest BCUT2D eigenvalue weighted by molar-refractivity contribution is -0.366. The minimum absolute atomic E-state index is 0.409. The van der Waals surface area contributed by atoms with Crippen molar-refractivity contribution in [3.63, 3.8) is 0 Å². The smallest absolute Gasteiger partial charge is 0.224 e. The number of rotatable bonds is 7. The van der Waals surface area contributed by atoms with Crippen LogP contribution in [0.1, 0.15) is 23.6 Å². The lowest BCUT2D eigenvalue weighted by atomic mass is 9.87. The van der Waals surface area contributed by atoms with E-state index in [4.69, 9.17) is 25.8 Å². The fraction of sp³-hybridized carbons (Fsp3) is 0.455. The zero-order valence-corrected chi connectivity index (χ0v) is 17.6. The fourth-order valence-corrected chi connectivity index (χ4v) is 3.87. The third-order valence-electron chi connectivity index (χ3n) is 5.33. The topological polar surface area (TPSA) is 109 Å². The van der Waals surface area contributed by atoms with Crippen molar-refractivity contribution < 1.29 is 34.6 Å². The highest BCUT2D eigenvalue weighted by Gasteiger charge is 2.55. The van der Waals surface area contributed by atoms with Crippen LogP contribution in [-0.4, -0.2) is 65.2 Å². The zero-order valence-electron chi connectivity index (χ0n) is 16.9. The van der Waals surface area contributed by atoms with Crippen LogP contribution in [0.4, 0.5) is 0 Å². The van der Waals surface area contributed by atoms with E-state index in [1.165, 1.54) is 7.11 Å². The number of benzene rings is 2. The van der Waals surface area contributed by atoms with Gasteiger partial charge in [0.1, 0.15) is 30.2 Å². The molecule has 1 fully saturated rings. The maximum absolute atomic E-state index is 10.7. The summed E-state index contributed by atoms with van der Waals surface area (Å²) in [7, 11) is 1.32. The van der Waals surface area contributed by atoms with Crippen LogP contribution in [0.15, 0.2) is 42.5 Å². The molecule has 0 spiro atoms. The van der Waals surface area contributed by atoms with E-state index in [0.717, 1.165) is 16.9 Å². The Kier molecular flexibility index (Phi) is 7.36. The molecule has 2 aromatic rings. The van der Waals surface area contributed by atoms with Crippen molar-refractivity contribution in [2.75, 3.05) is 20.3 Å². The van der Waals surface area contributed by atoms with E-state index in [-0.39, 0.29) is 0 Å². The summed E-state index contributed by atoms with van der Waals surface area (Å²) in [6, 6.07) is 12.6. The Morgan fingerprint density at radius 2 is 1.77 bits per heavy atom. The Hall–Kier alpha value is -1.71. The van der Waals surface area contributed by atoms with Gasteiger partial charge >= 0.3 is 0 Å². The molecule has 0 aliphatic carbocycles. The molecule has 2 aromatic carbocycles. The number of halogens is 1. The van der Waals surface area contributed by atoms with Crippen molar-refractivity contribution in [1.29, 1.82) is 0 Å². The van der Waals surface area contributed by atoms with Crippen LogP contribution in [0.25, 0.3) is 0 Å². The Morgan fingerprint density at radius 3 is 2.37 bits per heavy atom. The maximum atomic E-state index is 10.7. The van der Waals surface area contributed by atoms with E-state index < -0.39 is 36.8 Å². The van der Waals surface area contributed by atoms with Gasteiger partial charge in [-0.2, -0.15) is 0 Å². The molecule has 164 valence electrons. The first-order valence-electron chi connectivity index (χ1n) is 9.75. The first-order chi connectivity index (χ1) is 14.4. The average molecular weight is 439 g/mol. The molecule has 1 aliphatic heterocycles. The molecule has 0 amide bonds. The van der Waals surface area contributed by atoms with E-state index in [2.05, 4.69) is 0 Å². The standard InChI is InChI=1S/C22H27ClO7/c1-3-29-16-7-4-13(5-8-16)10-14-11-15(6-9-17(14)23)22(28-2)21(27)20(26)19(25)18(12-24)30-22/h4-9,11,18-21,24-27H,3,10,12H2,1-2H3/t18-,19-,20+,21-,22?/m1/s1. The van der Waals surface area contributed by atoms with Crippen LogP contribution in [0.5, 0.6) is 5.75 Å². The molecule has 5 atom stereocenters. The molecular weight excluding hydrogens is 412 g/mol. The van der Waals surface area contributed by atoms with Crippen molar-refractivity contribution in [3.05, 3.63) is 64.2 Å². The first-order valence-corrected chi connectivity index (χ1v) is 10.1. The largest absolute Gasteiger partial charge is 0.494 e. The second-order valence-electron chi connectivity index (χ2n) is 7.20. The van der Waals surface area contributed by atoms with Crippen LogP contribution in [0, 0.1) is 0 Å². The Labute approximate surface area is 180 Å². The van der Waals surface area contributed by atoms with Gasteiger partial charge in [-0.25, -0.2) is 0 Å². The van der Waals surface area contributed by atoms with Gasteiger partial charge in [-0.3, -0.25) is 0 Å². The summed E-state index contributed by atoms with van der Waals surface area (Å²) in [6.07, 6.45) is -5.23. The Morgan fingerprint density at radius 1 is 1.07 bits per heavy atom. The molecule has 30 heavy (non-hydrogen) atoms. The summed E-state index contributed by atoms with van der Waals surface area (Å²) in [5.41, 5.74) is 2.16. The lowest BCUT2D eigenvalue weighted by Crippen LogP contribution is -2.64. The number of aliphatic hydroxyl groups excluding tert-OH is 4. The first kappa shape index (κ1) is 23.0. The van der Waals surface area contributed by atoms with Crippen LogP contribution in [0.2, 0.25) is 5.02 Å². The molecule has 3 rings (SSSR count). The van der Waals surface area contributed by atoms with Gasteiger partial charge < -0.3 is 34.6 Å². The van der Waals surface area contributed by atoms with E-state index >= 15 is 0 Å². The highest BCUT2D eigenvalue weighted by atomic mass is 35.5. The van der Waals surface area contributed by atoms with Gasteiger partial charge in [0.05, 0.1) is 13.2 Å². The summed E-state index contributed by atoms with van der Waals surface area (Å²) >= 11 is 6.40. The highest BCUT2D eigenvalue weighted by Crippen LogP contribution is 2.40. The normalized spacial score (nSPS) is 29.0. The molecule has 1 unspecified atom stereocenters. The SMILES string of the molecule is CCOc1ccc(Cc2cc(C3(OC)O[C@H](CO)[C@@H](O)[C@H](O)[C@H]3O)ccc2Cl)cc1. The average Bonchev–Trinajstić information content (AvgIpc) is 2.76. The summed E-state index contributed by atoms with van der Waals surface area (Å²) in [6.45, 7) is 1.95. The molecular formula is C22H27ClO7. The third kappa shape index (κ3) is 4.33. The summed E-state index contributed by atoms with van der Waals surface area (Å²) in [4.78, 5) is 0. The van der Waals surface area contributed by atoms with Crippen LogP contribution in [-0.2, 0) is 21.7 Å². The van der Waals surface area contributed by atoms with Crippen LogP contribution < -0.4 is 4.74 Å². The molecule has 1 aliphatic rings. The second kappa shape index (κ2) is 9.62. The lowest BCUT2D eigenvalue weighted by Gasteiger charge is -2.47. The summed E-state index contributed by atoms with van der Waals surface area (Å²) in [5.74, 6) is -0.995. The molecule has 4 N–H and O–H groups in total. The molecule has 0 aromatic heterocycles. The predicted octanol–water partition coefficient (Wildman–Crippen LogP) is 1.60. The monoisotopic (exact) mass is 438 g/mol. The van der Waals surface area contributed by atoms with Crippen LogP contribution in [0.3, 0.4) is 0 Å². The fourth-order valence-electron chi connectivity index (χ4n) is 3.68. The van der Waals surface area contributed by atoms with Crippen molar-refractivity contribution >= 4 is 11.6 Å². The minimum atomic E-state index is -1.77. The maximum Gasteiger partial charge on any atom is 0.224 e. The van der Waals surface area contributed by atoms with Crippen LogP contribution >= 0.6 is 11.6 Å². The second-order valence-corrected chi connectivity index (χ2v) is 7.60. The van der Waals surface area contributed by atoms with Gasteiger partial charge in [-0.15, -0.1) is 0 Å². The number of methoxy groups -OCH3 is 1. The third-order valence-corrected chi connectivity index (χ3v) is 5.70. The number of aliphatic hydroxyl groups is 4. The summed E-state index contributed by atoms with van der Waals surface area (Å²) < 4.78 is 16.7. The van der Waals surface area contributed by atoms with E-state index in [1.54, 1.807) is 18.2 Å². The number of hydrogen-bond donors (Lipinski definition) is 4. The highest BCUT2D eigenvalue weighted by molar-refractivity contribution is 6.31. The summed E-state index contributed by atoms with van der Waals surface area (Å²) in [5, 5.41) is 41.1. The van der Waals surface area contributed by atoms with Gasteiger partial charge in [-0.1, -0.05) is 29.8 Å². The molecule has 7 nitrogen and oxygen atoms in total. The Bertz CT molecular complexity index is 842. The predicted molar refractivity (Wildman–Crippen MR) is 111 cm³/mol. The van der Waals surface area contributed by atoms with E-state index in [1.807, 2.05) is 31.2 Å². The van der Waals surface area contributed by atoms with Gasteiger partial charge in [-0.05, 0) is 48.7 Å². The van der Waals surface area contributed by atoms with Crippen molar-refractivity contribution in [1.82, 2.24) is 0 Å². The van der Waals surface area contributed by atoms with E-state index in [9.17, 15) is 20.4 Å². The van der Waals surface area contributed by atoms with Gasteiger partial charge in [0.25, 0.3) is 0 Å². The Balaban J connectivity index is 1.94. The molecule has 0 saturated carbocycles. The molecule has 0 bridgehead atoms. The molecule has 1 saturated heterocycles.